The monoisotopic (exact) mass is 327 g/mol. The average Bonchev–Trinajstić information content (AvgIpc) is 2.55. The van der Waals surface area contributed by atoms with Gasteiger partial charge in [0, 0.05) is 4.90 Å². The Bertz CT molecular complexity index is 814. The number of para-hydroxylation sites is 1. The highest BCUT2D eigenvalue weighted by Gasteiger charge is 2.07. The second-order valence-corrected chi connectivity index (χ2v) is 6.22. The van der Waals surface area contributed by atoms with Crippen molar-refractivity contribution in [2.75, 3.05) is 11.1 Å². The SMILES string of the molecule is O=C(CSc1cccc2ccccc12)Nc1ccccc1Cl. The van der Waals surface area contributed by atoms with Crippen molar-refractivity contribution in [3.63, 3.8) is 0 Å². The summed E-state index contributed by atoms with van der Waals surface area (Å²) in [6, 6.07) is 21.5. The van der Waals surface area contributed by atoms with Gasteiger partial charge in [-0.05, 0) is 29.0 Å². The number of halogens is 1. The number of fused-ring (bicyclic) bond motifs is 1. The topological polar surface area (TPSA) is 29.1 Å². The van der Waals surface area contributed by atoms with E-state index in [0.717, 1.165) is 4.90 Å². The van der Waals surface area contributed by atoms with Crippen LogP contribution in [0.1, 0.15) is 0 Å². The summed E-state index contributed by atoms with van der Waals surface area (Å²) < 4.78 is 0. The number of hydrogen-bond acceptors (Lipinski definition) is 2. The van der Waals surface area contributed by atoms with Crippen LogP contribution in [0.5, 0.6) is 0 Å². The van der Waals surface area contributed by atoms with Gasteiger partial charge in [-0.3, -0.25) is 4.79 Å². The second-order valence-electron chi connectivity index (χ2n) is 4.79. The van der Waals surface area contributed by atoms with Gasteiger partial charge in [0.25, 0.3) is 0 Å². The maximum atomic E-state index is 12.1. The van der Waals surface area contributed by atoms with Crippen LogP contribution in [0.15, 0.2) is 71.6 Å². The lowest BCUT2D eigenvalue weighted by Gasteiger charge is -2.08. The molecule has 0 atom stereocenters. The van der Waals surface area contributed by atoms with Gasteiger partial charge >= 0.3 is 0 Å². The van der Waals surface area contributed by atoms with Gasteiger partial charge in [0.1, 0.15) is 0 Å². The number of carbonyl (C=O) groups excluding carboxylic acids is 1. The van der Waals surface area contributed by atoms with Crippen LogP contribution in [-0.2, 0) is 4.79 Å². The zero-order valence-electron chi connectivity index (χ0n) is 11.8. The number of anilines is 1. The Morgan fingerprint density at radius 1 is 0.955 bits per heavy atom. The molecule has 0 bridgehead atoms. The Labute approximate surface area is 138 Å². The van der Waals surface area contributed by atoms with Crippen molar-refractivity contribution < 1.29 is 4.79 Å². The van der Waals surface area contributed by atoms with Crippen LogP contribution in [0.4, 0.5) is 5.69 Å². The Morgan fingerprint density at radius 2 is 1.68 bits per heavy atom. The van der Waals surface area contributed by atoms with Crippen LogP contribution in [0.3, 0.4) is 0 Å². The number of carbonyl (C=O) groups is 1. The van der Waals surface area contributed by atoms with Gasteiger partial charge in [0.2, 0.25) is 5.91 Å². The molecule has 0 saturated heterocycles. The van der Waals surface area contributed by atoms with Gasteiger partial charge in [-0.25, -0.2) is 0 Å². The second kappa shape index (κ2) is 6.86. The molecule has 0 spiro atoms. The Balaban J connectivity index is 1.69. The lowest BCUT2D eigenvalue weighted by atomic mass is 10.1. The highest BCUT2D eigenvalue weighted by molar-refractivity contribution is 8.00. The summed E-state index contributed by atoms with van der Waals surface area (Å²) in [4.78, 5) is 13.2. The van der Waals surface area contributed by atoms with E-state index >= 15 is 0 Å². The fraction of sp³-hybridized carbons (Fsp3) is 0.0556. The summed E-state index contributed by atoms with van der Waals surface area (Å²) in [5.41, 5.74) is 0.646. The fourth-order valence-corrected chi connectivity index (χ4v) is 3.27. The lowest BCUT2D eigenvalue weighted by Crippen LogP contribution is -2.14. The molecule has 2 nitrogen and oxygen atoms in total. The predicted molar refractivity (Wildman–Crippen MR) is 94.8 cm³/mol. The molecule has 0 fully saturated rings. The molecule has 0 aliphatic rings. The molecule has 0 radical (unpaired) electrons. The molecule has 22 heavy (non-hydrogen) atoms. The molecule has 0 unspecified atom stereocenters. The number of thioether (sulfide) groups is 1. The van der Waals surface area contributed by atoms with E-state index in [4.69, 9.17) is 11.6 Å². The van der Waals surface area contributed by atoms with Crippen molar-refractivity contribution in [3.05, 3.63) is 71.8 Å². The van der Waals surface area contributed by atoms with Crippen LogP contribution in [0, 0.1) is 0 Å². The van der Waals surface area contributed by atoms with Crippen LogP contribution >= 0.6 is 23.4 Å². The molecule has 3 aromatic rings. The van der Waals surface area contributed by atoms with Crippen LogP contribution < -0.4 is 5.32 Å². The highest BCUT2D eigenvalue weighted by Crippen LogP contribution is 2.28. The first kappa shape index (κ1) is 14.9. The largest absolute Gasteiger partial charge is 0.324 e. The molecule has 3 rings (SSSR count). The maximum Gasteiger partial charge on any atom is 0.234 e. The summed E-state index contributed by atoms with van der Waals surface area (Å²) in [6.45, 7) is 0. The minimum Gasteiger partial charge on any atom is -0.324 e. The van der Waals surface area contributed by atoms with Gasteiger partial charge in [-0.15, -0.1) is 11.8 Å². The first-order valence-electron chi connectivity index (χ1n) is 6.89. The van der Waals surface area contributed by atoms with E-state index in [2.05, 4.69) is 23.5 Å². The molecule has 1 amide bonds. The summed E-state index contributed by atoms with van der Waals surface area (Å²) in [5.74, 6) is 0.283. The van der Waals surface area contributed by atoms with E-state index in [-0.39, 0.29) is 5.91 Å². The summed E-state index contributed by atoms with van der Waals surface area (Å²) >= 11 is 7.57. The van der Waals surface area contributed by atoms with Crippen molar-refractivity contribution in [2.24, 2.45) is 0 Å². The van der Waals surface area contributed by atoms with Gasteiger partial charge < -0.3 is 5.32 Å². The molecular weight excluding hydrogens is 314 g/mol. The van der Waals surface area contributed by atoms with Crippen molar-refractivity contribution in [1.29, 1.82) is 0 Å². The minimum atomic E-state index is -0.0639. The molecule has 0 aliphatic heterocycles. The Kier molecular flexibility index (Phi) is 4.66. The molecule has 110 valence electrons. The zero-order chi connectivity index (χ0) is 15.4. The summed E-state index contributed by atoms with van der Waals surface area (Å²) in [7, 11) is 0. The van der Waals surface area contributed by atoms with Crippen molar-refractivity contribution >= 4 is 45.7 Å². The smallest absolute Gasteiger partial charge is 0.234 e. The van der Waals surface area contributed by atoms with Crippen LogP contribution in [-0.4, -0.2) is 11.7 Å². The quantitative estimate of drug-likeness (QED) is 0.665. The molecule has 0 saturated carbocycles. The number of benzene rings is 3. The van der Waals surface area contributed by atoms with E-state index < -0.39 is 0 Å². The first-order valence-corrected chi connectivity index (χ1v) is 8.25. The van der Waals surface area contributed by atoms with E-state index in [0.29, 0.717) is 16.5 Å². The third-order valence-corrected chi connectivity index (χ3v) is 4.66. The molecule has 0 aliphatic carbocycles. The molecular formula is C18H14ClNOS. The lowest BCUT2D eigenvalue weighted by molar-refractivity contribution is -0.113. The minimum absolute atomic E-state index is 0.0639. The van der Waals surface area contributed by atoms with Gasteiger partial charge in [0.05, 0.1) is 16.5 Å². The highest BCUT2D eigenvalue weighted by atomic mass is 35.5. The molecule has 3 aromatic carbocycles. The fourth-order valence-electron chi connectivity index (χ4n) is 2.21. The van der Waals surface area contributed by atoms with Gasteiger partial charge in [-0.1, -0.05) is 60.1 Å². The third kappa shape index (κ3) is 3.43. The van der Waals surface area contributed by atoms with E-state index in [1.165, 1.54) is 22.5 Å². The standard InChI is InChI=1S/C18H14ClNOS/c19-15-9-3-4-10-16(15)20-18(21)12-22-17-11-5-7-13-6-1-2-8-14(13)17/h1-11H,12H2,(H,20,21). The first-order chi connectivity index (χ1) is 10.7. The summed E-state index contributed by atoms with van der Waals surface area (Å²) in [6.07, 6.45) is 0. The molecule has 0 aromatic heterocycles. The number of hydrogen-bond donors (Lipinski definition) is 1. The van der Waals surface area contributed by atoms with Crippen LogP contribution in [0.25, 0.3) is 10.8 Å². The van der Waals surface area contributed by atoms with Gasteiger partial charge in [-0.2, -0.15) is 0 Å². The van der Waals surface area contributed by atoms with Crippen molar-refractivity contribution in [1.82, 2.24) is 0 Å². The molecule has 4 heteroatoms. The third-order valence-electron chi connectivity index (χ3n) is 3.26. The maximum absolute atomic E-state index is 12.1. The predicted octanol–water partition coefficient (Wildman–Crippen LogP) is 5.22. The van der Waals surface area contributed by atoms with Crippen LogP contribution in [0.2, 0.25) is 5.02 Å². The van der Waals surface area contributed by atoms with E-state index in [1.54, 1.807) is 12.1 Å². The number of rotatable bonds is 4. The van der Waals surface area contributed by atoms with Crippen molar-refractivity contribution in [2.45, 2.75) is 4.90 Å². The normalized spacial score (nSPS) is 10.6. The zero-order valence-corrected chi connectivity index (χ0v) is 13.3. The molecule has 1 N–H and O–H groups in total. The number of amides is 1. The Hall–Kier alpha value is -1.97. The van der Waals surface area contributed by atoms with Gasteiger partial charge in [0.15, 0.2) is 0 Å². The average molecular weight is 328 g/mol. The van der Waals surface area contributed by atoms with E-state index in [9.17, 15) is 4.79 Å². The summed E-state index contributed by atoms with van der Waals surface area (Å²) in [5, 5.41) is 5.73. The van der Waals surface area contributed by atoms with E-state index in [1.807, 2.05) is 36.4 Å². The Morgan fingerprint density at radius 3 is 2.55 bits per heavy atom. The van der Waals surface area contributed by atoms with Crippen molar-refractivity contribution in [3.8, 4) is 0 Å². The number of nitrogens with one attached hydrogen (secondary N) is 1. The molecule has 0 heterocycles.